The van der Waals surface area contributed by atoms with Gasteiger partial charge < -0.3 is 4.74 Å². The van der Waals surface area contributed by atoms with E-state index in [2.05, 4.69) is 27.3 Å². The van der Waals surface area contributed by atoms with Gasteiger partial charge in [0.15, 0.2) is 6.61 Å². The molecule has 98 valence electrons. The maximum atomic E-state index is 13.6. The van der Waals surface area contributed by atoms with Crippen LogP contribution in [0.3, 0.4) is 0 Å². The van der Waals surface area contributed by atoms with Crippen LogP contribution in [-0.4, -0.2) is 26.1 Å². The fourth-order valence-corrected chi connectivity index (χ4v) is 1.41. The molecule has 1 aromatic carbocycles. The average Bonchev–Trinajstić information content (AvgIpc) is 2.81. The minimum Gasteiger partial charge on any atom is -0.485 e. The molecule has 1 aromatic heterocycles. The number of hydrogen-bond donors (Lipinski definition) is 0. The molecule has 0 bridgehead atoms. The number of alkyl halides is 1. The van der Waals surface area contributed by atoms with Gasteiger partial charge in [-0.25, -0.2) is 4.39 Å². The maximum Gasteiger partial charge on any atom is 0.212 e. The molecular formula is C12H10ClFN4O. The van der Waals surface area contributed by atoms with Crippen LogP contribution < -0.4 is 4.74 Å². The molecule has 7 heteroatoms. The number of ether oxygens (including phenoxy) is 1. The quantitative estimate of drug-likeness (QED) is 0.632. The standard InChI is InChI=1S/C12H10ClFN4O/c1-18-16-12(15-17-18)8-19-10-5-4-9(3-2-6-13)11(14)7-10/h4-5,7H,6,8H2,1H3. The molecule has 0 spiro atoms. The summed E-state index contributed by atoms with van der Waals surface area (Å²) in [5.41, 5.74) is 0.283. The van der Waals surface area contributed by atoms with Crippen molar-refractivity contribution in [2.45, 2.75) is 6.61 Å². The number of nitrogens with zero attached hydrogens (tertiary/aromatic N) is 4. The van der Waals surface area contributed by atoms with E-state index in [4.69, 9.17) is 16.3 Å². The number of aromatic nitrogens is 4. The molecule has 0 aliphatic rings. The van der Waals surface area contributed by atoms with Crippen molar-refractivity contribution in [1.29, 1.82) is 0 Å². The van der Waals surface area contributed by atoms with Crippen molar-refractivity contribution in [2.24, 2.45) is 7.05 Å². The zero-order valence-electron chi connectivity index (χ0n) is 10.1. The fourth-order valence-electron chi connectivity index (χ4n) is 1.34. The first kappa shape index (κ1) is 13.3. The summed E-state index contributed by atoms with van der Waals surface area (Å²) in [5.74, 6) is 5.71. The summed E-state index contributed by atoms with van der Waals surface area (Å²) in [6.45, 7) is 0.125. The fraction of sp³-hybridized carbons (Fsp3) is 0.250. The summed E-state index contributed by atoms with van der Waals surface area (Å²) in [5, 5.41) is 11.4. The van der Waals surface area contributed by atoms with Crippen LogP contribution in [-0.2, 0) is 13.7 Å². The van der Waals surface area contributed by atoms with Gasteiger partial charge in [-0.15, -0.1) is 21.8 Å². The first-order valence-corrected chi connectivity index (χ1v) is 5.92. The van der Waals surface area contributed by atoms with Crippen molar-refractivity contribution in [3.63, 3.8) is 0 Å². The van der Waals surface area contributed by atoms with Crippen molar-refractivity contribution < 1.29 is 9.13 Å². The number of hydrogen-bond acceptors (Lipinski definition) is 4. The highest BCUT2D eigenvalue weighted by Gasteiger charge is 2.05. The second-order valence-corrected chi connectivity index (χ2v) is 3.83. The molecule has 0 saturated heterocycles. The lowest BCUT2D eigenvalue weighted by Gasteiger charge is -2.04. The van der Waals surface area contributed by atoms with Gasteiger partial charge in [-0.3, -0.25) is 0 Å². The summed E-state index contributed by atoms with van der Waals surface area (Å²) in [6, 6.07) is 4.42. The first-order valence-electron chi connectivity index (χ1n) is 5.39. The van der Waals surface area contributed by atoms with Crippen molar-refractivity contribution in [3.05, 3.63) is 35.4 Å². The van der Waals surface area contributed by atoms with Gasteiger partial charge in [0.05, 0.1) is 18.5 Å². The largest absolute Gasteiger partial charge is 0.485 e. The number of rotatable bonds is 3. The summed E-state index contributed by atoms with van der Waals surface area (Å²) in [6.07, 6.45) is 0. The van der Waals surface area contributed by atoms with E-state index >= 15 is 0 Å². The van der Waals surface area contributed by atoms with E-state index in [0.29, 0.717) is 11.6 Å². The van der Waals surface area contributed by atoms with Crippen LogP contribution in [0.2, 0.25) is 0 Å². The molecule has 5 nitrogen and oxygen atoms in total. The van der Waals surface area contributed by atoms with Crippen molar-refractivity contribution in [2.75, 3.05) is 5.88 Å². The predicted octanol–water partition coefficient (Wildman–Crippen LogP) is 1.52. The SMILES string of the molecule is Cn1nnc(COc2ccc(C#CCCl)c(F)c2)n1. The highest BCUT2D eigenvalue weighted by Crippen LogP contribution is 2.16. The minimum absolute atomic E-state index is 0.125. The van der Waals surface area contributed by atoms with Gasteiger partial charge in [-0.1, -0.05) is 11.8 Å². The van der Waals surface area contributed by atoms with Crippen LogP contribution in [0, 0.1) is 17.7 Å². The normalized spacial score (nSPS) is 9.84. The molecule has 0 unspecified atom stereocenters. The zero-order chi connectivity index (χ0) is 13.7. The van der Waals surface area contributed by atoms with Crippen LogP contribution in [0.1, 0.15) is 11.4 Å². The Morgan fingerprint density at radius 2 is 2.32 bits per heavy atom. The molecule has 2 rings (SSSR count). The third kappa shape index (κ3) is 3.66. The number of tetrazole rings is 1. The van der Waals surface area contributed by atoms with Crippen molar-refractivity contribution in [3.8, 4) is 17.6 Å². The van der Waals surface area contributed by atoms with E-state index in [1.807, 2.05) is 0 Å². The van der Waals surface area contributed by atoms with Gasteiger partial charge in [-0.2, -0.15) is 4.80 Å². The van der Waals surface area contributed by atoms with Gasteiger partial charge in [0.25, 0.3) is 0 Å². The van der Waals surface area contributed by atoms with Crippen LogP contribution in [0.25, 0.3) is 0 Å². The highest BCUT2D eigenvalue weighted by molar-refractivity contribution is 6.19. The Labute approximate surface area is 114 Å². The topological polar surface area (TPSA) is 52.8 Å². The van der Waals surface area contributed by atoms with Crippen LogP contribution in [0.5, 0.6) is 5.75 Å². The first-order chi connectivity index (χ1) is 9.19. The van der Waals surface area contributed by atoms with Gasteiger partial charge in [0.2, 0.25) is 5.82 Å². The lowest BCUT2D eigenvalue weighted by atomic mass is 10.2. The van der Waals surface area contributed by atoms with Crippen LogP contribution in [0.15, 0.2) is 18.2 Å². The molecular weight excluding hydrogens is 271 g/mol. The molecule has 0 fully saturated rings. The predicted molar refractivity (Wildman–Crippen MR) is 67.1 cm³/mol. The Morgan fingerprint density at radius 1 is 1.47 bits per heavy atom. The minimum atomic E-state index is -0.456. The third-order valence-electron chi connectivity index (χ3n) is 2.15. The van der Waals surface area contributed by atoms with E-state index < -0.39 is 5.82 Å². The highest BCUT2D eigenvalue weighted by atomic mass is 35.5. The van der Waals surface area contributed by atoms with E-state index in [1.165, 1.54) is 16.9 Å². The molecule has 0 saturated carbocycles. The molecule has 0 aliphatic carbocycles. The van der Waals surface area contributed by atoms with Gasteiger partial charge in [-0.05, 0) is 17.3 Å². The Bertz CT molecular complexity index is 632. The Hall–Kier alpha value is -2.13. The van der Waals surface area contributed by atoms with Crippen LogP contribution in [0.4, 0.5) is 4.39 Å². The van der Waals surface area contributed by atoms with Crippen LogP contribution >= 0.6 is 11.6 Å². The smallest absolute Gasteiger partial charge is 0.212 e. The lowest BCUT2D eigenvalue weighted by Crippen LogP contribution is -1.99. The van der Waals surface area contributed by atoms with Crippen molar-refractivity contribution in [1.82, 2.24) is 20.2 Å². The second kappa shape index (κ2) is 6.16. The summed E-state index contributed by atoms with van der Waals surface area (Å²) < 4.78 is 19.0. The molecule has 1 heterocycles. The van der Waals surface area contributed by atoms with Gasteiger partial charge in [0, 0.05) is 6.07 Å². The maximum absolute atomic E-state index is 13.6. The number of benzene rings is 1. The number of halogens is 2. The molecule has 0 radical (unpaired) electrons. The van der Waals surface area contributed by atoms with Gasteiger partial charge >= 0.3 is 0 Å². The Balaban J connectivity index is 2.03. The zero-order valence-corrected chi connectivity index (χ0v) is 10.9. The molecule has 19 heavy (non-hydrogen) atoms. The molecule has 0 amide bonds. The summed E-state index contributed by atoms with van der Waals surface area (Å²) in [7, 11) is 1.65. The third-order valence-corrected chi connectivity index (χ3v) is 2.28. The van der Waals surface area contributed by atoms with Gasteiger partial charge in [0.1, 0.15) is 11.6 Å². The molecule has 0 atom stereocenters. The molecule has 0 N–H and O–H groups in total. The Morgan fingerprint density at radius 3 is 2.95 bits per heavy atom. The number of aryl methyl sites for hydroxylation is 1. The second-order valence-electron chi connectivity index (χ2n) is 3.56. The molecule has 2 aromatic rings. The summed E-state index contributed by atoms with van der Waals surface area (Å²) >= 11 is 5.41. The van der Waals surface area contributed by atoms with E-state index in [9.17, 15) is 4.39 Å². The molecule has 0 aliphatic heterocycles. The van der Waals surface area contributed by atoms with Crippen molar-refractivity contribution >= 4 is 11.6 Å². The Kier molecular flexibility index (Phi) is 4.31. The van der Waals surface area contributed by atoms with E-state index in [1.54, 1.807) is 13.1 Å². The average molecular weight is 281 g/mol. The lowest BCUT2D eigenvalue weighted by molar-refractivity contribution is 0.294. The summed E-state index contributed by atoms with van der Waals surface area (Å²) in [4.78, 5) is 1.32. The van der Waals surface area contributed by atoms with E-state index in [0.717, 1.165) is 0 Å². The van der Waals surface area contributed by atoms with E-state index in [-0.39, 0.29) is 18.1 Å². The monoisotopic (exact) mass is 280 g/mol.